The van der Waals surface area contributed by atoms with Crippen LogP contribution in [0.1, 0.15) is 0 Å². The second kappa shape index (κ2) is 6.20. The number of halogens is 2. The highest BCUT2D eigenvalue weighted by atomic mass is 32.2. The Kier molecular flexibility index (Phi) is 5.20. The highest BCUT2D eigenvalue weighted by Crippen LogP contribution is 2.25. The van der Waals surface area contributed by atoms with Crippen LogP contribution in [-0.2, 0) is 9.84 Å². The fourth-order valence-electron chi connectivity index (χ4n) is 1.24. The average Bonchev–Trinajstić information content (AvgIpc) is 2.29. The molecule has 3 nitrogen and oxygen atoms in total. The zero-order valence-corrected chi connectivity index (χ0v) is 10.8. The van der Waals surface area contributed by atoms with E-state index in [1.165, 1.54) is 18.2 Å². The lowest BCUT2D eigenvalue weighted by Crippen LogP contribution is -2.15. The van der Waals surface area contributed by atoms with Crippen LogP contribution in [0.4, 0.5) is 14.5 Å². The third kappa shape index (κ3) is 3.57. The monoisotopic (exact) mass is 281 g/mol. The van der Waals surface area contributed by atoms with E-state index in [1.54, 1.807) is 17.8 Å². The minimum atomic E-state index is -4.55. The molecule has 1 aromatic rings. The van der Waals surface area contributed by atoms with Gasteiger partial charge in [0.25, 0.3) is 0 Å². The molecule has 0 atom stereocenters. The highest BCUT2D eigenvalue weighted by molar-refractivity contribution is 7.98. The van der Waals surface area contributed by atoms with Gasteiger partial charge in [-0.1, -0.05) is 12.1 Å². The first-order valence-corrected chi connectivity index (χ1v) is 7.78. The molecule has 0 unspecified atom stereocenters. The molecule has 0 amide bonds. The molecule has 0 fully saturated rings. The SMILES string of the molecule is CSCCNc1ccccc1S(=O)(=O)C(F)F. The molecule has 0 aliphatic rings. The van der Waals surface area contributed by atoms with Gasteiger partial charge in [-0.05, 0) is 18.4 Å². The molecule has 1 aromatic carbocycles. The van der Waals surface area contributed by atoms with Crippen molar-refractivity contribution in [2.45, 2.75) is 10.7 Å². The molecule has 0 saturated carbocycles. The van der Waals surface area contributed by atoms with E-state index in [1.807, 2.05) is 6.26 Å². The van der Waals surface area contributed by atoms with Crippen LogP contribution in [0, 0.1) is 0 Å². The van der Waals surface area contributed by atoms with Crippen LogP contribution >= 0.6 is 11.8 Å². The smallest absolute Gasteiger partial charge is 0.341 e. The number of rotatable bonds is 6. The summed E-state index contributed by atoms with van der Waals surface area (Å²) in [5, 5.41) is 2.84. The molecule has 0 aromatic heterocycles. The van der Waals surface area contributed by atoms with Crippen molar-refractivity contribution in [1.29, 1.82) is 0 Å². The molecule has 0 saturated heterocycles. The molecule has 1 rings (SSSR count). The Morgan fingerprint density at radius 3 is 2.59 bits per heavy atom. The first kappa shape index (κ1) is 14.2. The van der Waals surface area contributed by atoms with Gasteiger partial charge in [0.1, 0.15) is 0 Å². The number of anilines is 1. The van der Waals surface area contributed by atoms with E-state index in [0.29, 0.717) is 6.54 Å². The lowest BCUT2D eigenvalue weighted by Gasteiger charge is -2.11. The first-order chi connectivity index (χ1) is 8.00. The van der Waals surface area contributed by atoms with Crippen LogP contribution in [0.15, 0.2) is 29.2 Å². The Labute approximate surface area is 104 Å². The predicted octanol–water partition coefficient (Wildman–Crippen LogP) is 2.46. The minimum Gasteiger partial charge on any atom is -0.383 e. The summed E-state index contributed by atoms with van der Waals surface area (Å²) in [6.07, 6.45) is 1.91. The van der Waals surface area contributed by atoms with Gasteiger partial charge in [-0.3, -0.25) is 0 Å². The molecule has 1 N–H and O–H groups in total. The minimum absolute atomic E-state index is 0.224. The highest BCUT2D eigenvalue weighted by Gasteiger charge is 2.28. The van der Waals surface area contributed by atoms with Crippen LogP contribution in [0.3, 0.4) is 0 Å². The van der Waals surface area contributed by atoms with Crippen LogP contribution in [0.5, 0.6) is 0 Å². The second-order valence-electron chi connectivity index (χ2n) is 3.22. The Morgan fingerprint density at radius 2 is 2.00 bits per heavy atom. The summed E-state index contributed by atoms with van der Waals surface area (Å²) >= 11 is 1.58. The van der Waals surface area contributed by atoms with Crippen LogP contribution in [0.25, 0.3) is 0 Å². The summed E-state index contributed by atoms with van der Waals surface area (Å²) in [6, 6.07) is 5.69. The fourth-order valence-corrected chi connectivity index (χ4v) is 2.46. The average molecular weight is 281 g/mol. The van der Waals surface area contributed by atoms with Gasteiger partial charge in [0.05, 0.1) is 10.6 Å². The van der Waals surface area contributed by atoms with Gasteiger partial charge in [-0.25, -0.2) is 8.42 Å². The molecule has 96 valence electrons. The number of alkyl halides is 2. The molecular weight excluding hydrogens is 268 g/mol. The summed E-state index contributed by atoms with van der Waals surface area (Å²) in [5.74, 6) is -2.63. The zero-order valence-electron chi connectivity index (χ0n) is 9.19. The predicted molar refractivity (Wildman–Crippen MR) is 66.5 cm³/mol. The summed E-state index contributed by atoms with van der Waals surface area (Å²) in [5.41, 5.74) is 0.224. The Balaban J connectivity index is 3.00. The molecule has 7 heteroatoms. The summed E-state index contributed by atoms with van der Waals surface area (Å²) in [7, 11) is -4.55. The summed E-state index contributed by atoms with van der Waals surface area (Å²) < 4.78 is 47.7. The van der Waals surface area contributed by atoms with Gasteiger partial charge in [-0.15, -0.1) is 0 Å². The molecule has 0 aliphatic carbocycles. The van der Waals surface area contributed by atoms with Gasteiger partial charge in [0.2, 0.25) is 9.84 Å². The number of nitrogens with one attached hydrogen (secondary N) is 1. The van der Waals surface area contributed by atoms with Crippen LogP contribution in [0.2, 0.25) is 0 Å². The molecule has 0 radical (unpaired) electrons. The molecule has 0 spiro atoms. The molecule has 0 bridgehead atoms. The summed E-state index contributed by atoms with van der Waals surface area (Å²) in [4.78, 5) is -0.351. The van der Waals surface area contributed by atoms with E-state index in [0.717, 1.165) is 5.75 Å². The molecule has 17 heavy (non-hydrogen) atoms. The van der Waals surface area contributed by atoms with E-state index < -0.39 is 15.6 Å². The molecular formula is C10H13F2NO2S2. The maximum atomic E-state index is 12.4. The quantitative estimate of drug-likeness (QED) is 0.814. The largest absolute Gasteiger partial charge is 0.383 e. The van der Waals surface area contributed by atoms with Crippen molar-refractivity contribution in [3.05, 3.63) is 24.3 Å². The first-order valence-electron chi connectivity index (χ1n) is 4.84. The van der Waals surface area contributed by atoms with Gasteiger partial charge < -0.3 is 5.32 Å². The van der Waals surface area contributed by atoms with E-state index in [-0.39, 0.29) is 10.6 Å². The van der Waals surface area contributed by atoms with Crippen molar-refractivity contribution >= 4 is 27.3 Å². The fraction of sp³-hybridized carbons (Fsp3) is 0.400. The standard InChI is InChI=1S/C10H13F2NO2S2/c1-16-7-6-13-8-4-2-3-5-9(8)17(14,15)10(11)12/h2-5,10,13H,6-7H2,1H3. The van der Waals surface area contributed by atoms with Crippen molar-refractivity contribution in [3.8, 4) is 0 Å². The van der Waals surface area contributed by atoms with E-state index in [2.05, 4.69) is 5.32 Å². The van der Waals surface area contributed by atoms with Crippen molar-refractivity contribution in [2.75, 3.05) is 23.9 Å². The Morgan fingerprint density at radius 1 is 1.35 bits per heavy atom. The number of hydrogen-bond acceptors (Lipinski definition) is 4. The van der Waals surface area contributed by atoms with Crippen molar-refractivity contribution in [3.63, 3.8) is 0 Å². The van der Waals surface area contributed by atoms with Crippen molar-refractivity contribution in [1.82, 2.24) is 0 Å². The lowest BCUT2D eigenvalue weighted by molar-refractivity contribution is 0.235. The Hall–Kier alpha value is -0.820. The van der Waals surface area contributed by atoms with E-state index in [9.17, 15) is 17.2 Å². The number of sulfone groups is 1. The van der Waals surface area contributed by atoms with Crippen LogP contribution < -0.4 is 5.32 Å². The second-order valence-corrected chi connectivity index (χ2v) is 6.09. The van der Waals surface area contributed by atoms with Gasteiger partial charge >= 0.3 is 5.76 Å². The van der Waals surface area contributed by atoms with Gasteiger partial charge in [-0.2, -0.15) is 20.5 Å². The summed E-state index contributed by atoms with van der Waals surface area (Å²) in [6.45, 7) is 0.525. The lowest BCUT2D eigenvalue weighted by atomic mass is 10.3. The van der Waals surface area contributed by atoms with Crippen molar-refractivity contribution < 1.29 is 17.2 Å². The maximum Gasteiger partial charge on any atom is 0.341 e. The van der Waals surface area contributed by atoms with E-state index >= 15 is 0 Å². The zero-order chi connectivity index (χ0) is 12.9. The Bertz CT molecular complexity index is 463. The maximum absolute atomic E-state index is 12.4. The topological polar surface area (TPSA) is 46.2 Å². The molecule has 0 heterocycles. The van der Waals surface area contributed by atoms with Crippen LogP contribution in [-0.4, -0.2) is 32.7 Å². The number of para-hydroxylation sites is 1. The van der Waals surface area contributed by atoms with Gasteiger partial charge in [0, 0.05) is 12.3 Å². The number of thioether (sulfide) groups is 1. The molecule has 0 aliphatic heterocycles. The third-order valence-electron chi connectivity index (χ3n) is 2.05. The van der Waals surface area contributed by atoms with Gasteiger partial charge in [0.15, 0.2) is 0 Å². The number of hydrogen-bond donors (Lipinski definition) is 1. The van der Waals surface area contributed by atoms with Crippen molar-refractivity contribution in [2.24, 2.45) is 0 Å². The third-order valence-corrected chi connectivity index (χ3v) is 4.10. The number of benzene rings is 1. The normalized spacial score (nSPS) is 11.8. The van der Waals surface area contributed by atoms with E-state index in [4.69, 9.17) is 0 Å².